The minimum absolute atomic E-state index is 0.210. The van der Waals surface area contributed by atoms with Crippen molar-refractivity contribution in [3.05, 3.63) is 24.0 Å². The number of hydrogen-bond donors (Lipinski definition) is 0. The Balaban J connectivity index is 1.48. The lowest BCUT2D eigenvalue weighted by atomic mass is 10.0. The summed E-state index contributed by atoms with van der Waals surface area (Å²) in [6, 6.07) is 3.94. The largest absolute Gasteiger partial charge is 0.489 e. The maximum Gasteiger partial charge on any atom is 0.225 e. The molecule has 4 heteroatoms. The minimum Gasteiger partial charge on any atom is -0.489 e. The van der Waals surface area contributed by atoms with E-state index in [9.17, 15) is 4.79 Å². The number of aromatic nitrogens is 1. The molecular weight excluding hydrogens is 264 g/mol. The molecule has 21 heavy (non-hydrogen) atoms. The Morgan fingerprint density at radius 3 is 2.52 bits per heavy atom. The molecule has 3 rings (SSSR count). The van der Waals surface area contributed by atoms with Gasteiger partial charge in [-0.1, -0.05) is 12.8 Å². The first-order valence-corrected chi connectivity index (χ1v) is 8.10. The fourth-order valence-corrected chi connectivity index (χ4v) is 3.34. The summed E-state index contributed by atoms with van der Waals surface area (Å²) in [5, 5.41) is 0. The van der Waals surface area contributed by atoms with Crippen molar-refractivity contribution in [3.63, 3.8) is 0 Å². The van der Waals surface area contributed by atoms with Gasteiger partial charge in [0.05, 0.1) is 6.20 Å². The molecule has 1 saturated carbocycles. The first kappa shape index (κ1) is 14.4. The van der Waals surface area contributed by atoms with Crippen molar-refractivity contribution in [1.29, 1.82) is 0 Å². The van der Waals surface area contributed by atoms with Gasteiger partial charge < -0.3 is 9.64 Å². The van der Waals surface area contributed by atoms with Gasteiger partial charge in [0.1, 0.15) is 11.9 Å². The van der Waals surface area contributed by atoms with Crippen molar-refractivity contribution >= 4 is 5.91 Å². The Morgan fingerprint density at radius 1 is 1.19 bits per heavy atom. The predicted molar refractivity (Wildman–Crippen MR) is 81.2 cm³/mol. The van der Waals surface area contributed by atoms with E-state index in [4.69, 9.17) is 4.74 Å². The van der Waals surface area contributed by atoms with E-state index in [0.717, 1.165) is 50.2 Å². The highest BCUT2D eigenvalue weighted by Crippen LogP contribution is 2.28. The van der Waals surface area contributed by atoms with E-state index in [2.05, 4.69) is 4.98 Å². The van der Waals surface area contributed by atoms with Crippen molar-refractivity contribution in [2.45, 2.75) is 51.6 Å². The number of ether oxygens (including phenoxy) is 1. The lowest BCUT2D eigenvalue weighted by Crippen LogP contribution is -2.43. The molecule has 0 N–H and O–H groups in total. The maximum atomic E-state index is 12.4. The molecule has 2 fully saturated rings. The number of pyridine rings is 1. The SMILES string of the molecule is Cc1ccc(OC2CCN(C(=O)C3CCCC3)CC2)cn1. The Labute approximate surface area is 126 Å². The summed E-state index contributed by atoms with van der Waals surface area (Å²) < 4.78 is 5.96. The molecule has 0 atom stereocenters. The Kier molecular flexibility index (Phi) is 4.42. The molecule has 0 unspecified atom stereocenters. The van der Waals surface area contributed by atoms with Crippen LogP contribution in [0.25, 0.3) is 0 Å². The molecule has 1 amide bonds. The average Bonchev–Trinajstić information content (AvgIpc) is 3.04. The van der Waals surface area contributed by atoms with Crippen LogP contribution in [0.4, 0.5) is 0 Å². The van der Waals surface area contributed by atoms with Crippen LogP contribution in [-0.4, -0.2) is 35.0 Å². The third-order valence-electron chi connectivity index (χ3n) is 4.65. The molecule has 1 aromatic heterocycles. The van der Waals surface area contributed by atoms with E-state index < -0.39 is 0 Å². The highest BCUT2D eigenvalue weighted by molar-refractivity contribution is 5.79. The molecule has 0 bridgehead atoms. The van der Waals surface area contributed by atoms with Crippen LogP contribution in [0.15, 0.2) is 18.3 Å². The van der Waals surface area contributed by atoms with Gasteiger partial charge in [-0.3, -0.25) is 9.78 Å². The summed E-state index contributed by atoms with van der Waals surface area (Å²) >= 11 is 0. The Morgan fingerprint density at radius 2 is 1.90 bits per heavy atom. The number of likely N-dealkylation sites (tertiary alicyclic amines) is 1. The number of carbonyl (C=O) groups excluding carboxylic acids is 1. The zero-order valence-electron chi connectivity index (χ0n) is 12.8. The normalized spacial score (nSPS) is 20.7. The number of carbonyl (C=O) groups is 1. The second-order valence-corrected chi connectivity index (χ2v) is 6.26. The zero-order valence-corrected chi connectivity index (χ0v) is 12.8. The molecule has 2 aliphatic rings. The summed E-state index contributed by atoms with van der Waals surface area (Å²) in [6.07, 6.45) is 8.45. The topological polar surface area (TPSA) is 42.4 Å². The standard InChI is InChI=1S/C17H24N2O2/c1-13-6-7-16(12-18-13)21-15-8-10-19(11-9-15)17(20)14-4-2-3-5-14/h6-7,12,14-15H,2-5,8-11H2,1H3. The van der Waals surface area contributed by atoms with Crippen molar-refractivity contribution < 1.29 is 9.53 Å². The summed E-state index contributed by atoms with van der Waals surface area (Å²) in [6.45, 7) is 3.63. The zero-order chi connectivity index (χ0) is 14.7. The number of aryl methyl sites for hydroxylation is 1. The van der Waals surface area contributed by atoms with E-state index in [1.807, 2.05) is 24.0 Å². The third-order valence-corrected chi connectivity index (χ3v) is 4.65. The molecule has 114 valence electrons. The summed E-state index contributed by atoms with van der Waals surface area (Å²) in [7, 11) is 0. The smallest absolute Gasteiger partial charge is 0.225 e. The van der Waals surface area contributed by atoms with Crippen molar-refractivity contribution in [3.8, 4) is 5.75 Å². The number of nitrogens with zero attached hydrogens (tertiary/aromatic N) is 2. The van der Waals surface area contributed by atoms with Gasteiger partial charge in [-0.25, -0.2) is 0 Å². The quantitative estimate of drug-likeness (QED) is 0.859. The second-order valence-electron chi connectivity index (χ2n) is 6.26. The lowest BCUT2D eigenvalue weighted by Gasteiger charge is -2.33. The van der Waals surface area contributed by atoms with Crippen LogP contribution in [0.3, 0.4) is 0 Å². The molecule has 0 radical (unpaired) electrons. The van der Waals surface area contributed by atoms with Crippen molar-refractivity contribution in [2.24, 2.45) is 5.92 Å². The van der Waals surface area contributed by atoms with Gasteiger partial charge >= 0.3 is 0 Å². The summed E-state index contributed by atoms with van der Waals surface area (Å²) in [4.78, 5) is 18.7. The van der Waals surface area contributed by atoms with E-state index in [1.54, 1.807) is 6.20 Å². The lowest BCUT2D eigenvalue weighted by molar-refractivity contribution is -0.137. The third kappa shape index (κ3) is 3.55. The monoisotopic (exact) mass is 288 g/mol. The maximum absolute atomic E-state index is 12.4. The van der Waals surface area contributed by atoms with E-state index in [0.29, 0.717) is 11.8 Å². The first-order valence-electron chi connectivity index (χ1n) is 8.10. The average molecular weight is 288 g/mol. The summed E-state index contributed by atoms with van der Waals surface area (Å²) in [5.41, 5.74) is 0.999. The highest BCUT2D eigenvalue weighted by atomic mass is 16.5. The number of piperidine rings is 1. The van der Waals surface area contributed by atoms with Gasteiger partial charge in [-0.05, 0) is 31.9 Å². The van der Waals surface area contributed by atoms with Gasteiger partial charge in [0.2, 0.25) is 5.91 Å². The van der Waals surface area contributed by atoms with Crippen molar-refractivity contribution in [1.82, 2.24) is 9.88 Å². The second kappa shape index (κ2) is 6.46. The van der Waals surface area contributed by atoms with Crippen LogP contribution < -0.4 is 4.74 Å². The van der Waals surface area contributed by atoms with Gasteiger partial charge in [0, 0.05) is 37.5 Å². The number of rotatable bonds is 3. The van der Waals surface area contributed by atoms with Gasteiger partial charge in [-0.15, -0.1) is 0 Å². The molecular formula is C17H24N2O2. The van der Waals surface area contributed by atoms with Gasteiger partial charge in [0.15, 0.2) is 0 Å². The van der Waals surface area contributed by atoms with Crippen molar-refractivity contribution in [2.75, 3.05) is 13.1 Å². The van der Waals surface area contributed by atoms with E-state index in [-0.39, 0.29) is 6.10 Å². The molecule has 1 saturated heterocycles. The van der Waals surface area contributed by atoms with Crippen LogP contribution >= 0.6 is 0 Å². The molecule has 4 nitrogen and oxygen atoms in total. The Hall–Kier alpha value is -1.58. The summed E-state index contributed by atoms with van der Waals surface area (Å²) in [5.74, 6) is 1.51. The first-order chi connectivity index (χ1) is 10.2. The molecule has 2 heterocycles. The Bertz CT molecular complexity index is 472. The fraction of sp³-hybridized carbons (Fsp3) is 0.647. The molecule has 1 aliphatic heterocycles. The van der Waals surface area contributed by atoms with E-state index in [1.165, 1.54) is 12.8 Å². The molecule has 0 spiro atoms. The van der Waals surface area contributed by atoms with Crippen LogP contribution in [-0.2, 0) is 4.79 Å². The predicted octanol–water partition coefficient (Wildman–Crippen LogP) is 2.95. The number of amides is 1. The fourth-order valence-electron chi connectivity index (χ4n) is 3.34. The molecule has 1 aliphatic carbocycles. The number of hydrogen-bond acceptors (Lipinski definition) is 3. The molecule has 0 aromatic carbocycles. The van der Waals surface area contributed by atoms with Gasteiger partial charge in [0.25, 0.3) is 0 Å². The minimum atomic E-state index is 0.210. The molecule has 1 aromatic rings. The highest BCUT2D eigenvalue weighted by Gasteiger charge is 2.30. The van der Waals surface area contributed by atoms with E-state index >= 15 is 0 Å². The van der Waals surface area contributed by atoms with Crippen LogP contribution in [0.1, 0.15) is 44.2 Å². The van der Waals surface area contributed by atoms with Crippen LogP contribution in [0, 0.1) is 12.8 Å². The van der Waals surface area contributed by atoms with Crippen LogP contribution in [0.5, 0.6) is 5.75 Å². The van der Waals surface area contributed by atoms with Crippen LogP contribution in [0.2, 0.25) is 0 Å². The van der Waals surface area contributed by atoms with Gasteiger partial charge in [-0.2, -0.15) is 0 Å².